The van der Waals surface area contributed by atoms with Crippen molar-refractivity contribution in [3.8, 4) is 5.75 Å². The molecule has 0 saturated carbocycles. The van der Waals surface area contributed by atoms with E-state index in [0.29, 0.717) is 23.0 Å². The van der Waals surface area contributed by atoms with E-state index >= 15 is 0 Å². The van der Waals surface area contributed by atoms with Crippen molar-refractivity contribution in [3.05, 3.63) is 48.2 Å². The van der Waals surface area contributed by atoms with Gasteiger partial charge < -0.3 is 18.6 Å². The summed E-state index contributed by atoms with van der Waals surface area (Å²) in [6.45, 7) is 4.50. The lowest BCUT2D eigenvalue weighted by atomic mass is 9.96. The van der Waals surface area contributed by atoms with Crippen LogP contribution in [0.3, 0.4) is 0 Å². The molecule has 1 saturated heterocycles. The Morgan fingerprint density at radius 3 is 2.85 bits per heavy atom. The predicted molar refractivity (Wildman–Crippen MR) is 98.4 cm³/mol. The summed E-state index contributed by atoms with van der Waals surface area (Å²) in [6, 6.07) is 7.47. The maximum atomic E-state index is 12.8. The fraction of sp³-hybridized carbons (Fsp3) is 0.400. The lowest BCUT2D eigenvalue weighted by Gasteiger charge is -2.31. The van der Waals surface area contributed by atoms with E-state index in [1.165, 1.54) is 0 Å². The monoisotopic (exact) mass is 353 g/mol. The van der Waals surface area contributed by atoms with Gasteiger partial charge in [-0.3, -0.25) is 4.79 Å². The van der Waals surface area contributed by atoms with E-state index in [-0.39, 0.29) is 5.91 Å². The number of carbonyl (C=O) groups is 1. The van der Waals surface area contributed by atoms with Crippen LogP contribution in [-0.4, -0.2) is 40.6 Å². The summed E-state index contributed by atoms with van der Waals surface area (Å²) in [5.74, 6) is 2.60. The van der Waals surface area contributed by atoms with Gasteiger partial charge in [-0.1, -0.05) is 12.1 Å². The predicted octanol–water partition coefficient (Wildman–Crippen LogP) is 3.50. The molecule has 136 valence electrons. The average molecular weight is 353 g/mol. The third-order valence-electron chi connectivity index (χ3n) is 5.22. The number of likely N-dealkylation sites (tertiary alicyclic amines) is 1. The lowest BCUT2D eigenvalue weighted by Crippen LogP contribution is -2.39. The van der Waals surface area contributed by atoms with Crippen LogP contribution in [0.2, 0.25) is 0 Å². The molecular formula is C20H23N3O3. The fourth-order valence-electron chi connectivity index (χ4n) is 3.65. The van der Waals surface area contributed by atoms with Crippen LogP contribution in [0.1, 0.15) is 29.2 Å². The Morgan fingerprint density at radius 2 is 2.15 bits per heavy atom. The minimum atomic E-state index is -0.0412. The van der Waals surface area contributed by atoms with Crippen molar-refractivity contribution in [1.29, 1.82) is 0 Å². The number of methoxy groups -OCH3 is 1. The third kappa shape index (κ3) is 3.07. The van der Waals surface area contributed by atoms with Gasteiger partial charge in [0, 0.05) is 37.4 Å². The zero-order valence-corrected chi connectivity index (χ0v) is 15.1. The van der Waals surface area contributed by atoms with Gasteiger partial charge in [0.1, 0.15) is 5.82 Å². The van der Waals surface area contributed by atoms with Gasteiger partial charge in [-0.05, 0) is 37.8 Å². The molecule has 0 unspecified atom stereocenters. The SMILES string of the molecule is COc1cccc2cc(C(=O)N3CCC(Cn4ccnc4C)CC3)oc12. The van der Waals surface area contributed by atoms with E-state index in [1.54, 1.807) is 13.2 Å². The van der Waals surface area contributed by atoms with Crippen LogP contribution in [0, 0.1) is 12.8 Å². The Kier molecular flexibility index (Phi) is 4.41. The molecule has 0 spiro atoms. The molecule has 1 amide bonds. The van der Waals surface area contributed by atoms with Gasteiger partial charge in [0.25, 0.3) is 5.91 Å². The molecule has 0 radical (unpaired) electrons. The number of rotatable bonds is 4. The molecule has 2 aromatic heterocycles. The number of furan rings is 1. The van der Waals surface area contributed by atoms with Gasteiger partial charge in [-0.2, -0.15) is 0 Å². The molecule has 1 fully saturated rings. The minimum absolute atomic E-state index is 0.0412. The molecule has 0 aliphatic carbocycles. The van der Waals surface area contributed by atoms with Crippen molar-refractivity contribution in [2.24, 2.45) is 5.92 Å². The van der Waals surface area contributed by atoms with Gasteiger partial charge in [0.15, 0.2) is 17.1 Å². The Balaban J connectivity index is 1.43. The van der Waals surface area contributed by atoms with Crippen molar-refractivity contribution < 1.29 is 13.9 Å². The molecule has 3 heterocycles. The molecule has 0 atom stereocenters. The first-order valence-corrected chi connectivity index (χ1v) is 8.99. The first-order valence-electron chi connectivity index (χ1n) is 8.99. The number of benzene rings is 1. The van der Waals surface area contributed by atoms with Crippen LogP contribution in [0.4, 0.5) is 0 Å². The first kappa shape index (κ1) is 16.7. The highest BCUT2D eigenvalue weighted by molar-refractivity contribution is 5.97. The molecule has 0 bridgehead atoms. The number of fused-ring (bicyclic) bond motifs is 1. The molecule has 6 nitrogen and oxygen atoms in total. The van der Waals surface area contributed by atoms with Gasteiger partial charge in [0.2, 0.25) is 0 Å². The lowest BCUT2D eigenvalue weighted by molar-refractivity contribution is 0.0653. The van der Waals surface area contributed by atoms with E-state index < -0.39 is 0 Å². The van der Waals surface area contributed by atoms with Crippen LogP contribution in [-0.2, 0) is 6.54 Å². The number of aromatic nitrogens is 2. The van der Waals surface area contributed by atoms with Crippen LogP contribution >= 0.6 is 0 Å². The molecule has 1 aliphatic rings. The van der Waals surface area contributed by atoms with E-state index in [4.69, 9.17) is 9.15 Å². The normalized spacial score (nSPS) is 15.5. The zero-order chi connectivity index (χ0) is 18.1. The number of piperidine rings is 1. The average Bonchev–Trinajstić information content (AvgIpc) is 3.28. The second-order valence-corrected chi connectivity index (χ2v) is 6.85. The topological polar surface area (TPSA) is 60.5 Å². The summed E-state index contributed by atoms with van der Waals surface area (Å²) in [4.78, 5) is 19.0. The molecular weight excluding hydrogens is 330 g/mol. The van der Waals surface area contributed by atoms with Crippen molar-refractivity contribution in [2.45, 2.75) is 26.3 Å². The second kappa shape index (κ2) is 6.86. The molecule has 3 aromatic rings. The Hall–Kier alpha value is -2.76. The van der Waals surface area contributed by atoms with Crippen molar-refractivity contribution in [1.82, 2.24) is 14.5 Å². The summed E-state index contributed by atoms with van der Waals surface area (Å²) in [6.07, 6.45) is 5.85. The molecule has 0 N–H and O–H groups in total. The van der Waals surface area contributed by atoms with E-state index in [0.717, 1.165) is 43.7 Å². The van der Waals surface area contributed by atoms with Gasteiger partial charge in [0.05, 0.1) is 7.11 Å². The van der Waals surface area contributed by atoms with Gasteiger partial charge >= 0.3 is 0 Å². The molecule has 6 heteroatoms. The maximum absolute atomic E-state index is 12.8. The van der Waals surface area contributed by atoms with Crippen molar-refractivity contribution in [2.75, 3.05) is 20.2 Å². The van der Waals surface area contributed by atoms with Crippen LogP contribution in [0.25, 0.3) is 11.0 Å². The zero-order valence-electron chi connectivity index (χ0n) is 15.1. The Bertz CT molecular complexity index is 919. The molecule has 1 aromatic carbocycles. The minimum Gasteiger partial charge on any atom is -0.493 e. The first-order chi connectivity index (χ1) is 12.7. The number of ether oxygens (including phenoxy) is 1. The van der Waals surface area contributed by atoms with E-state index in [1.807, 2.05) is 42.4 Å². The molecule has 26 heavy (non-hydrogen) atoms. The number of hydrogen-bond acceptors (Lipinski definition) is 4. The van der Waals surface area contributed by atoms with E-state index in [9.17, 15) is 4.79 Å². The second-order valence-electron chi connectivity index (χ2n) is 6.85. The standard InChI is InChI=1S/C20H23N3O3/c1-14-21-8-11-23(14)13-15-6-9-22(10-7-15)20(24)18-12-16-4-3-5-17(25-2)19(16)26-18/h3-5,8,11-12,15H,6-7,9-10,13H2,1-2H3. The number of imidazole rings is 1. The van der Waals surface area contributed by atoms with E-state index in [2.05, 4.69) is 9.55 Å². The number of nitrogens with zero attached hydrogens (tertiary/aromatic N) is 3. The number of amides is 1. The number of carbonyl (C=O) groups excluding carboxylic acids is 1. The Morgan fingerprint density at radius 1 is 1.35 bits per heavy atom. The largest absolute Gasteiger partial charge is 0.493 e. The quantitative estimate of drug-likeness (QED) is 0.720. The number of para-hydroxylation sites is 1. The fourth-order valence-corrected chi connectivity index (χ4v) is 3.65. The summed E-state index contributed by atoms with van der Waals surface area (Å²) in [5, 5.41) is 0.887. The highest BCUT2D eigenvalue weighted by Crippen LogP contribution is 2.30. The molecule has 1 aliphatic heterocycles. The summed E-state index contributed by atoms with van der Waals surface area (Å²) < 4.78 is 13.3. The highest BCUT2D eigenvalue weighted by atomic mass is 16.5. The third-order valence-corrected chi connectivity index (χ3v) is 5.22. The van der Waals surface area contributed by atoms with Crippen molar-refractivity contribution >= 4 is 16.9 Å². The summed E-state index contributed by atoms with van der Waals surface area (Å²) >= 11 is 0. The van der Waals surface area contributed by atoms with Crippen LogP contribution in [0.5, 0.6) is 5.75 Å². The summed E-state index contributed by atoms with van der Waals surface area (Å²) in [5.41, 5.74) is 0.629. The number of aryl methyl sites for hydroxylation is 1. The number of hydrogen-bond donors (Lipinski definition) is 0. The highest BCUT2D eigenvalue weighted by Gasteiger charge is 2.26. The Labute approximate surface area is 152 Å². The van der Waals surface area contributed by atoms with Crippen molar-refractivity contribution in [3.63, 3.8) is 0 Å². The maximum Gasteiger partial charge on any atom is 0.289 e. The van der Waals surface area contributed by atoms with Crippen LogP contribution in [0.15, 0.2) is 41.1 Å². The summed E-state index contributed by atoms with van der Waals surface area (Å²) in [7, 11) is 1.60. The van der Waals surface area contributed by atoms with Gasteiger partial charge in [-0.25, -0.2) is 4.98 Å². The van der Waals surface area contributed by atoms with Crippen LogP contribution < -0.4 is 4.74 Å². The smallest absolute Gasteiger partial charge is 0.289 e. The molecule has 4 rings (SSSR count). The van der Waals surface area contributed by atoms with Gasteiger partial charge in [-0.15, -0.1) is 0 Å².